The maximum atomic E-state index is 12.4. The molecule has 13 heteroatoms. The Morgan fingerprint density at radius 3 is 2.82 bits per heavy atom. The van der Waals surface area contributed by atoms with E-state index in [9.17, 15) is 19.5 Å². The van der Waals surface area contributed by atoms with Crippen LogP contribution >= 0.6 is 23.1 Å². The van der Waals surface area contributed by atoms with E-state index in [1.165, 1.54) is 25.8 Å². The number of aromatic nitrogens is 1. The molecule has 0 spiro atoms. The van der Waals surface area contributed by atoms with E-state index in [1.54, 1.807) is 5.38 Å². The molecule has 1 aliphatic heterocycles. The van der Waals surface area contributed by atoms with E-state index in [0.29, 0.717) is 11.3 Å². The Hall–Kier alpha value is -2.80. The molecule has 0 fully saturated rings. The van der Waals surface area contributed by atoms with Gasteiger partial charge in [-0.15, -0.1) is 23.1 Å². The average molecular weight is 429 g/mol. The van der Waals surface area contributed by atoms with Crippen molar-refractivity contribution in [1.82, 2.24) is 15.6 Å². The Labute approximate surface area is 168 Å². The van der Waals surface area contributed by atoms with E-state index in [1.807, 2.05) is 0 Å². The lowest BCUT2D eigenvalue weighted by atomic mass is 10.2. The van der Waals surface area contributed by atoms with Crippen LogP contribution < -0.4 is 16.4 Å². The third-order valence-corrected chi connectivity index (χ3v) is 5.27. The van der Waals surface area contributed by atoms with Crippen LogP contribution in [0.25, 0.3) is 0 Å². The molecule has 0 bridgehead atoms. The number of thiazole rings is 1. The average Bonchev–Trinajstić information content (AvgIpc) is 3.08. The summed E-state index contributed by atoms with van der Waals surface area (Å²) in [6, 6.07) is 0. The van der Waals surface area contributed by atoms with Crippen LogP contribution in [0.4, 0.5) is 5.13 Å². The van der Waals surface area contributed by atoms with Gasteiger partial charge in [0.25, 0.3) is 5.91 Å². The fourth-order valence-electron chi connectivity index (χ4n) is 2.16. The molecular weight excluding hydrogens is 410 g/mol. The van der Waals surface area contributed by atoms with Gasteiger partial charge in [0.15, 0.2) is 10.8 Å². The molecule has 152 valence electrons. The first-order chi connectivity index (χ1) is 13.3. The van der Waals surface area contributed by atoms with Gasteiger partial charge in [0.05, 0.1) is 5.37 Å². The lowest BCUT2D eigenvalue weighted by Crippen LogP contribution is -2.45. The number of nitrogens with zero attached hydrogens (tertiary/aromatic N) is 2. The smallest absolute Gasteiger partial charge is 0.352 e. The highest BCUT2D eigenvalue weighted by Crippen LogP contribution is 2.22. The van der Waals surface area contributed by atoms with Crippen molar-refractivity contribution >= 4 is 51.8 Å². The minimum absolute atomic E-state index is 0.0409. The molecule has 11 nitrogen and oxygen atoms in total. The molecule has 1 atom stereocenters. The number of aliphatic carboxylic acids is 1. The summed E-state index contributed by atoms with van der Waals surface area (Å²) in [6.45, 7) is 1.26. The van der Waals surface area contributed by atoms with Crippen molar-refractivity contribution in [2.24, 2.45) is 5.16 Å². The highest BCUT2D eigenvalue weighted by Gasteiger charge is 2.27. The van der Waals surface area contributed by atoms with Gasteiger partial charge >= 0.3 is 11.9 Å². The molecule has 0 saturated carbocycles. The van der Waals surface area contributed by atoms with Gasteiger partial charge in [0.1, 0.15) is 25.1 Å². The fourth-order valence-corrected chi connectivity index (χ4v) is 3.75. The van der Waals surface area contributed by atoms with Gasteiger partial charge in [-0.25, -0.2) is 9.78 Å². The number of thioether (sulfide) groups is 1. The number of nitrogens with two attached hydrogens (primary N) is 1. The molecule has 0 saturated heterocycles. The number of carboxylic acids is 1. The van der Waals surface area contributed by atoms with Crippen LogP contribution in [0.3, 0.4) is 0 Å². The number of hydrogen-bond acceptors (Lipinski definition) is 11. The van der Waals surface area contributed by atoms with Crippen molar-refractivity contribution in [2.45, 2.75) is 12.3 Å². The number of carbonyl (C=O) groups excluding carboxylic acids is 2. The second-order valence-corrected chi connectivity index (χ2v) is 7.49. The first-order valence-corrected chi connectivity index (χ1v) is 9.82. The molecule has 2 rings (SSSR count). The molecule has 0 radical (unpaired) electrons. The van der Waals surface area contributed by atoms with Gasteiger partial charge in [0, 0.05) is 30.2 Å². The molecule has 0 aliphatic carbocycles. The van der Waals surface area contributed by atoms with Crippen LogP contribution in [0.2, 0.25) is 0 Å². The lowest BCUT2D eigenvalue weighted by Gasteiger charge is -2.27. The normalized spacial score (nSPS) is 16.9. The SMILES string of the molecule is CO/N=C(\C(=O)NC[C@@H]1NC(C(=O)O)=C(COC(C)=O)CS1)c1csc(N)n1. The van der Waals surface area contributed by atoms with Crippen molar-refractivity contribution in [3.63, 3.8) is 0 Å². The van der Waals surface area contributed by atoms with Crippen LogP contribution in [0.15, 0.2) is 21.8 Å². The quantitative estimate of drug-likeness (QED) is 0.246. The summed E-state index contributed by atoms with van der Waals surface area (Å²) >= 11 is 2.53. The van der Waals surface area contributed by atoms with Crippen LogP contribution in [0, 0.1) is 0 Å². The first kappa shape index (κ1) is 21.5. The van der Waals surface area contributed by atoms with E-state index in [2.05, 4.69) is 20.8 Å². The number of carbonyl (C=O) groups is 3. The topological polar surface area (TPSA) is 165 Å². The molecule has 2 heterocycles. The van der Waals surface area contributed by atoms with Crippen LogP contribution in [-0.2, 0) is 24.0 Å². The Balaban J connectivity index is 2.00. The number of ether oxygens (including phenoxy) is 1. The number of rotatable bonds is 8. The van der Waals surface area contributed by atoms with E-state index in [4.69, 9.17) is 15.3 Å². The summed E-state index contributed by atoms with van der Waals surface area (Å²) < 4.78 is 4.88. The Morgan fingerprint density at radius 2 is 2.25 bits per heavy atom. The standard InChI is InChI=1S/C15H19N5O6S2/c1-7(21)26-4-8-5-27-10(19-11(8)14(23)24)3-17-13(22)12(20-25-2)9-6-28-15(16)18-9/h6,10,19H,3-5H2,1-2H3,(H2,16,18)(H,17,22)(H,23,24)/b20-12-/t10-/m1/s1. The maximum absolute atomic E-state index is 12.4. The second-order valence-electron chi connectivity index (χ2n) is 5.41. The summed E-state index contributed by atoms with van der Waals surface area (Å²) in [5, 5.41) is 20.0. The largest absolute Gasteiger partial charge is 0.477 e. The molecule has 0 unspecified atom stereocenters. The summed E-state index contributed by atoms with van der Waals surface area (Å²) in [5.74, 6) is -1.87. The van der Waals surface area contributed by atoms with Crippen LogP contribution in [0.1, 0.15) is 12.6 Å². The second kappa shape index (κ2) is 9.94. The minimum Gasteiger partial charge on any atom is -0.477 e. The number of nitrogens with one attached hydrogen (secondary N) is 2. The number of anilines is 1. The van der Waals surface area contributed by atoms with Gasteiger partial charge in [-0.05, 0) is 0 Å². The summed E-state index contributed by atoms with van der Waals surface area (Å²) in [4.78, 5) is 43.5. The summed E-state index contributed by atoms with van der Waals surface area (Å²) in [7, 11) is 1.30. The first-order valence-electron chi connectivity index (χ1n) is 7.89. The number of amides is 1. The van der Waals surface area contributed by atoms with E-state index in [0.717, 1.165) is 11.3 Å². The number of oxime groups is 1. The van der Waals surface area contributed by atoms with Gasteiger partial charge in [-0.3, -0.25) is 9.59 Å². The third kappa shape index (κ3) is 5.85. The van der Waals surface area contributed by atoms with Gasteiger partial charge in [-0.2, -0.15) is 0 Å². The summed E-state index contributed by atoms with van der Waals surface area (Å²) in [5.41, 5.74) is 6.23. The molecule has 1 aliphatic rings. The highest BCUT2D eigenvalue weighted by molar-refractivity contribution is 8.00. The lowest BCUT2D eigenvalue weighted by molar-refractivity contribution is -0.140. The van der Waals surface area contributed by atoms with Crippen molar-refractivity contribution in [2.75, 3.05) is 31.7 Å². The molecule has 1 amide bonds. The van der Waals surface area contributed by atoms with Crippen LogP contribution in [-0.4, -0.2) is 65.0 Å². The highest BCUT2D eigenvalue weighted by atomic mass is 32.2. The van der Waals surface area contributed by atoms with Gasteiger partial charge in [0.2, 0.25) is 0 Å². The zero-order valence-corrected chi connectivity index (χ0v) is 16.7. The van der Waals surface area contributed by atoms with Gasteiger partial charge in [-0.1, -0.05) is 5.16 Å². The molecule has 1 aromatic rings. The zero-order valence-electron chi connectivity index (χ0n) is 15.1. The molecular formula is C15H19N5O6S2. The molecule has 1 aromatic heterocycles. The summed E-state index contributed by atoms with van der Waals surface area (Å²) in [6.07, 6.45) is 0. The monoisotopic (exact) mass is 429 g/mol. The minimum atomic E-state index is -1.17. The Bertz CT molecular complexity index is 822. The van der Waals surface area contributed by atoms with Crippen LogP contribution in [0.5, 0.6) is 0 Å². The number of esters is 1. The Morgan fingerprint density at radius 1 is 1.50 bits per heavy atom. The molecule has 0 aromatic carbocycles. The number of nitrogen functional groups attached to an aromatic ring is 1. The van der Waals surface area contributed by atoms with Crippen molar-refractivity contribution in [3.8, 4) is 0 Å². The third-order valence-electron chi connectivity index (χ3n) is 3.39. The van der Waals surface area contributed by atoms with Crippen molar-refractivity contribution < 1.29 is 29.1 Å². The fraction of sp³-hybridized carbons (Fsp3) is 0.400. The number of hydrogen-bond donors (Lipinski definition) is 4. The van der Waals surface area contributed by atoms with E-state index in [-0.39, 0.29) is 35.4 Å². The van der Waals surface area contributed by atoms with Gasteiger partial charge < -0.3 is 31.0 Å². The van der Waals surface area contributed by atoms with Crippen molar-refractivity contribution in [3.05, 3.63) is 22.3 Å². The zero-order chi connectivity index (χ0) is 20.7. The number of carboxylic acid groups (broad SMARTS) is 1. The van der Waals surface area contributed by atoms with Crippen molar-refractivity contribution in [1.29, 1.82) is 0 Å². The maximum Gasteiger partial charge on any atom is 0.352 e. The predicted molar refractivity (Wildman–Crippen MR) is 104 cm³/mol. The predicted octanol–water partition coefficient (Wildman–Crippen LogP) is -0.244. The Kier molecular flexibility index (Phi) is 7.63. The molecule has 28 heavy (non-hydrogen) atoms. The van der Waals surface area contributed by atoms with E-state index >= 15 is 0 Å². The van der Waals surface area contributed by atoms with E-state index < -0.39 is 23.2 Å². The molecule has 5 N–H and O–H groups in total.